The van der Waals surface area contributed by atoms with Gasteiger partial charge in [-0.1, -0.05) is 24.3 Å². The van der Waals surface area contributed by atoms with Gasteiger partial charge in [0.05, 0.1) is 10.9 Å². The number of benzene rings is 2. The maximum Gasteiger partial charge on any atom is 0.242 e. The predicted molar refractivity (Wildman–Crippen MR) is 110 cm³/mol. The van der Waals surface area contributed by atoms with Crippen molar-refractivity contribution in [1.82, 2.24) is 9.62 Å². The predicted octanol–water partition coefficient (Wildman–Crippen LogP) is 3.47. The minimum Gasteiger partial charge on any atom is -0.350 e. The summed E-state index contributed by atoms with van der Waals surface area (Å²) in [4.78, 5) is 13.7. The Bertz CT molecular complexity index is 861. The van der Waals surface area contributed by atoms with E-state index in [0.29, 0.717) is 12.8 Å². The van der Waals surface area contributed by atoms with Crippen LogP contribution in [0.1, 0.15) is 30.5 Å². The van der Waals surface area contributed by atoms with E-state index in [1.807, 2.05) is 37.4 Å². The van der Waals surface area contributed by atoms with Crippen molar-refractivity contribution < 1.29 is 13.2 Å². The average molecular weight is 407 g/mol. The summed E-state index contributed by atoms with van der Waals surface area (Å²) in [6.07, 6.45) is 2.95. The molecule has 0 unspecified atom stereocenters. The lowest BCUT2D eigenvalue weighted by atomic mass is 10.1. The number of carbonyl (C=O) groups is 1. The number of hydrogen-bond acceptors (Lipinski definition) is 4. The second kappa shape index (κ2) is 9.39. The Labute approximate surface area is 166 Å². The highest BCUT2D eigenvalue weighted by atomic mass is 32.2. The maximum absolute atomic E-state index is 12.2. The van der Waals surface area contributed by atoms with Crippen LogP contribution in [0.3, 0.4) is 0 Å². The van der Waals surface area contributed by atoms with Crippen molar-refractivity contribution in [2.75, 3.05) is 20.4 Å². The highest BCUT2D eigenvalue weighted by molar-refractivity contribution is 7.98. The largest absolute Gasteiger partial charge is 0.350 e. The van der Waals surface area contributed by atoms with Crippen LogP contribution in [0.5, 0.6) is 0 Å². The summed E-state index contributed by atoms with van der Waals surface area (Å²) in [5.41, 5.74) is 2.00. The van der Waals surface area contributed by atoms with Crippen LogP contribution in [0.4, 0.5) is 0 Å². The van der Waals surface area contributed by atoms with Crippen LogP contribution in [-0.4, -0.2) is 39.0 Å². The zero-order valence-corrected chi connectivity index (χ0v) is 17.7. The molecule has 2 aromatic rings. The molecule has 2 rings (SSSR count). The molecule has 0 heterocycles. The Morgan fingerprint density at radius 2 is 1.67 bits per heavy atom. The molecule has 1 N–H and O–H groups in total. The van der Waals surface area contributed by atoms with Gasteiger partial charge >= 0.3 is 0 Å². The number of rotatable bonds is 8. The van der Waals surface area contributed by atoms with Gasteiger partial charge in [-0.2, -0.15) is 0 Å². The molecule has 0 radical (unpaired) electrons. The first-order valence-corrected chi connectivity index (χ1v) is 11.4. The molecular weight excluding hydrogens is 380 g/mol. The average Bonchev–Trinajstić information content (AvgIpc) is 2.66. The molecule has 0 fully saturated rings. The van der Waals surface area contributed by atoms with Crippen LogP contribution in [-0.2, 0) is 21.2 Å². The van der Waals surface area contributed by atoms with E-state index in [9.17, 15) is 13.2 Å². The van der Waals surface area contributed by atoms with Gasteiger partial charge in [-0.3, -0.25) is 4.79 Å². The monoisotopic (exact) mass is 406 g/mol. The number of hydrogen-bond donors (Lipinski definition) is 1. The van der Waals surface area contributed by atoms with Crippen molar-refractivity contribution in [2.24, 2.45) is 0 Å². The number of carbonyl (C=O) groups excluding carboxylic acids is 1. The molecular formula is C20H26N2O3S2. The third kappa shape index (κ3) is 5.82. The van der Waals surface area contributed by atoms with Crippen LogP contribution in [0.15, 0.2) is 58.3 Å². The zero-order valence-electron chi connectivity index (χ0n) is 16.1. The van der Waals surface area contributed by atoms with Crippen molar-refractivity contribution >= 4 is 27.7 Å². The van der Waals surface area contributed by atoms with E-state index in [1.165, 1.54) is 23.3 Å². The normalized spacial score (nSPS) is 12.8. The number of nitrogens with one attached hydrogen (secondary N) is 1. The smallest absolute Gasteiger partial charge is 0.242 e. The number of aryl methyl sites for hydroxylation is 1. The van der Waals surface area contributed by atoms with Crippen molar-refractivity contribution in [1.29, 1.82) is 0 Å². The van der Waals surface area contributed by atoms with Gasteiger partial charge in [0.2, 0.25) is 15.9 Å². The molecule has 0 aliphatic carbocycles. The Hall–Kier alpha value is -1.83. The van der Waals surface area contributed by atoms with E-state index < -0.39 is 10.0 Å². The Balaban J connectivity index is 1.89. The summed E-state index contributed by atoms with van der Waals surface area (Å²) in [6, 6.07) is 14.8. The Morgan fingerprint density at radius 1 is 1.07 bits per heavy atom. The number of thioether (sulfide) groups is 1. The molecule has 0 aromatic heterocycles. The first kappa shape index (κ1) is 21.5. The highest BCUT2D eigenvalue weighted by Crippen LogP contribution is 2.19. The highest BCUT2D eigenvalue weighted by Gasteiger charge is 2.16. The molecule has 0 aliphatic rings. The standard InChI is InChI=1S/C20H26N2O3S2/c1-15(17-8-10-18(26-4)11-9-17)21-20(23)14-7-16-5-12-19(13-6-16)27(24,25)22(2)3/h5-6,8-13,15H,7,14H2,1-4H3,(H,21,23)/t15-/m1/s1. The summed E-state index contributed by atoms with van der Waals surface area (Å²) in [6.45, 7) is 1.97. The van der Waals surface area contributed by atoms with E-state index in [-0.39, 0.29) is 16.8 Å². The van der Waals surface area contributed by atoms with Crippen molar-refractivity contribution in [3.05, 3.63) is 59.7 Å². The fraction of sp³-hybridized carbons (Fsp3) is 0.350. The summed E-state index contributed by atoms with van der Waals surface area (Å²) in [5, 5.41) is 3.01. The molecule has 0 bridgehead atoms. The van der Waals surface area contributed by atoms with Crippen LogP contribution in [0.2, 0.25) is 0 Å². The third-order valence-electron chi connectivity index (χ3n) is 4.34. The van der Waals surface area contributed by atoms with Gasteiger partial charge < -0.3 is 5.32 Å². The fourth-order valence-corrected chi connectivity index (χ4v) is 3.90. The topological polar surface area (TPSA) is 66.5 Å². The second-order valence-electron chi connectivity index (χ2n) is 6.49. The lowest BCUT2D eigenvalue weighted by Gasteiger charge is -2.15. The zero-order chi connectivity index (χ0) is 20.0. The molecule has 0 spiro atoms. The van der Waals surface area contributed by atoms with E-state index in [4.69, 9.17) is 0 Å². The molecule has 146 valence electrons. The summed E-state index contributed by atoms with van der Waals surface area (Å²) in [7, 11) is -0.417. The maximum atomic E-state index is 12.2. The second-order valence-corrected chi connectivity index (χ2v) is 9.53. The van der Waals surface area contributed by atoms with Crippen LogP contribution < -0.4 is 5.32 Å². The molecule has 1 atom stereocenters. The lowest BCUT2D eigenvalue weighted by molar-refractivity contribution is -0.121. The van der Waals surface area contributed by atoms with Gasteiger partial charge in [-0.15, -0.1) is 11.8 Å². The Morgan fingerprint density at radius 3 is 2.19 bits per heavy atom. The van der Waals surface area contributed by atoms with E-state index in [0.717, 1.165) is 11.1 Å². The molecule has 1 amide bonds. The van der Waals surface area contributed by atoms with E-state index in [1.54, 1.807) is 36.0 Å². The van der Waals surface area contributed by atoms with Gasteiger partial charge in [0.1, 0.15) is 0 Å². The van der Waals surface area contributed by atoms with E-state index in [2.05, 4.69) is 5.32 Å². The van der Waals surface area contributed by atoms with Gasteiger partial charge in [0.25, 0.3) is 0 Å². The molecule has 5 nitrogen and oxygen atoms in total. The van der Waals surface area contributed by atoms with Gasteiger partial charge in [0.15, 0.2) is 0 Å². The quantitative estimate of drug-likeness (QED) is 0.682. The molecule has 0 aliphatic heterocycles. The molecule has 0 saturated carbocycles. The van der Waals surface area contributed by atoms with Crippen LogP contribution in [0.25, 0.3) is 0 Å². The lowest BCUT2D eigenvalue weighted by Crippen LogP contribution is -2.26. The van der Waals surface area contributed by atoms with E-state index >= 15 is 0 Å². The minimum atomic E-state index is -3.42. The number of sulfonamides is 1. The molecule has 0 saturated heterocycles. The molecule has 7 heteroatoms. The molecule has 27 heavy (non-hydrogen) atoms. The first-order valence-electron chi connectivity index (χ1n) is 8.69. The minimum absolute atomic E-state index is 0.0265. The van der Waals surface area contributed by atoms with Crippen LogP contribution in [0, 0.1) is 0 Å². The summed E-state index contributed by atoms with van der Waals surface area (Å²) >= 11 is 1.69. The van der Waals surface area contributed by atoms with Crippen molar-refractivity contribution in [3.63, 3.8) is 0 Å². The third-order valence-corrected chi connectivity index (χ3v) is 6.91. The summed E-state index contributed by atoms with van der Waals surface area (Å²) < 4.78 is 25.3. The number of amides is 1. The van der Waals surface area contributed by atoms with Crippen molar-refractivity contribution in [3.8, 4) is 0 Å². The van der Waals surface area contributed by atoms with Gasteiger partial charge in [-0.05, 0) is 55.0 Å². The fourth-order valence-electron chi connectivity index (χ4n) is 2.59. The molecule has 2 aromatic carbocycles. The van der Waals surface area contributed by atoms with Gasteiger partial charge in [0, 0.05) is 25.4 Å². The van der Waals surface area contributed by atoms with Crippen molar-refractivity contribution in [2.45, 2.75) is 35.6 Å². The number of nitrogens with zero attached hydrogens (tertiary/aromatic N) is 1. The SMILES string of the molecule is CSc1ccc([C@@H](C)NC(=O)CCc2ccc(S(=O)(=O)N(C)C)cc2)cc1. The first-order chi connectivity index (χ1) is 12.7. The Kier molecular flexibility index (Phi) is 7.47. The summed E-state index contributed by atoms with van der Waals surface area (Å²) in [5.74, 6) is -0.0265. The van der Waals surface area contributed by atoms with Gasteiger partial charge in [-0.25, -0.2) is 12.7 Å². The van der Waals surface area contributed by atoms with Crippen LogP contribution >= 0.6 is 11.8 Å².